The van der Waals surface area contributed by atoms with E-state index in [1.807, 2.05) is 41.1 Å². The van der Waals surface area contributed by atoms with Crippen LogP contribution in [0.3, 0.4) is 0 Å². The summed E-state index contributed by atoms with van der Waals surface area (Å²) in [7, 11) is 0. The molecule has 8 heteroatoms. The zero-order valence-corrected chi connectivity index (χ0v) is 17.0. The number of amides is 1. The van der Waals surface area contributed by atoms with Gasteiger partial charge in [-0.15, -0.1) is 23.4 Å². The SMILES string of the molecule is N=C(c1ccc(-n2cnc(CNC(=O)C3=CCC(Cl)S3)c2)cc1)N1CCCC1. The molecule has 6 nitrogen and oxygen atoms in total. The largest absolute Gasteiger partial charge is 0.357 e. The van der Waals surface area contributed by atoms with E-state index in [0.717, 1.165) is 49.3 Å². The van der Waals surface area contributed by atoms with Crippen LogP contribution in [0.25, 0.3) is 5.69 Å². The minimum atomic E-state index is -0.104. The van der Waals surface area contributed by atoms with E-state index >= 15 is 0 Å². The maximum absolute atomic E-state index is 12.1. The van der Waals surface area contributed by atoms with E-state index in [-0.39, 0.29) is 10.6 Å². The lowest BCUT2D eigenvalue weighted by atomic mass is 10.1. The van der Waals surface area contributed by atoms with Crippen LogP contribution in [-0.2, 0) is 11.3 Å². The molecule has 0 saturated carbocycles. The Hall–Kier alpha value is -2.25. The van der Waals surface area contributed by atoms with Crippen molar-refractivity contribution in [2.24, 2.45) is 0 Å². The average Bonchev–Trinajstić information content (AvgIpc) is 3.47. The average molecular weight is 416 g/mol. The van der Waals surface area contributed by atoms with Gasteiger partial charge in [0.1, 0.15) is 5.84 Å². The number of carbonyl (C=O) groups is 1. The van der Waals surface area contributed by atoms with Crippen molar-refractivity contribution >= 4 is 35.1 Å². The van der Waals surface area contributed by atoms with Gasteiger partial charge in [-0.1, -0.05) is 6.08 Å². The van der Waals surface area contributed by atoms with Gasteiger partial charge >= 0.3 is 0 Å². The molecular weight excluding hydrogens is 394 g/mol. The molecule has 1 amide bonds. The molecule has 2 aliphatic heterocycles. The second-order valence-electron chi connectivity index (χ2n) is 6.88. The monoisotopic (exact) mass is 415 g/mol. The number of hydrogen-bond acceptors (Lipinski definition) is 4. The number of amidine groups is 1. The highest BCUT2D eigenvalue weighted by atomic mass is 35.5. The number of imidazole rings is 1. The zero-order valence-electron chi connectivity index (χ0n) is 15.4. The Bertz CT molecular complexity index is 902. The minimum Gasteiger partial charge on any atom is -0.357 e. The Kier molecular flexibility index (Phi) is 5.73. The fourth-order valence-corrected chi connectivity index (χ4v) is 4.57. The van der Waals surface area contributed by atoms with E-state index in [2.05, 4.69) is 15.2 Å². The molecule has 4 rings (SSSR count). The molecule has 3 heterocycles. The van der Waals surface area contributed by atoms with Crippen molar-refractivity contribution in [3.63, 3.8) is 0 Å². The molecule has 1 aromatic carbocycles. The molecule has 1 unspecified atom stereocenters. The van der Waals surface area contributed by atoms with Crippen LogP contribution in [0.5, 0.6) is 0 Å². The summed E-state index contributed by atoms with van der Waals surface area (Å²) >= 11 is 7.40. The molecule has 0 radical (unpaired) electrons. The highest BCUT2D eigenvalue weighted by Gasteiger charge is 2.21. The summed E-state index contributed by atoms with van der Waals surface area (Å²) in [6.45, 7) is 2.31. The Morgan fingerprint density at radius 1 is 1.29 bits per heavy atom. The van der Waals surface area contributed by atoms with Gasteiger partial charge in [-0.2, -0.15) is 0 Å². The summed E-state index contributed by atoms with van der Waals surface area (Å²) in [5.74, 6) is 0.490. The van der Waals surface area contributed by atoms with Crippen molar-refractivity contribution < 1.29 is 4.79 Å². The molecule has 2 aliphatic rings. The van der Waals surface area contributed by atoms with Crippen LogP contribution in [0.15, 0.2) is 47.8 Å². The number of nitrogens with one attached hydrogen (secondary N) is 2. The lowest BCUT2D eigenvalue weighted by Gasteiger charge is -2.18. The van der Waals surface area contributed by atoms with Gasteiger partial charge in [0.15, 0.2) is 0 Å². The van der Waals surface area contributed by atoms with Crippen molar-refractivity contribution in [3.8, 4) is 5.69 Å². The lowest BCUT2D eigenvalue weighted by Crippen LogP contribution is -2.27. The summed E-state index contributed by atoms with van der Waals surface area (Å²) in [6.07, 6.45) is 8.56. The third kappa shape index (κ3) is 4.25. The van der Waals surface area contributed by atoms with Crippen LogP contribution in [0.1, 0.15) is 30.5 Å². The van der Waals surface area contributed by atoms with Gasteiger partial charge in [0.25, 0.3) is 5.91 Å². The molecule has 1 atom stereocenters. The molecule has 1 fully saturated rings. The number of thioether (sulfide) groups is 1. The topological polar surface area (TPSA) is 74.0 Å². The fourth-order valence-electron chi connectivity index (χ4n) is 3.35. The molecule has 2 N–H and O–H groups in total. The first-order valence-corrected chi connectivity index (χ1v) is 10.7. The number of benzene rings is 1. The number of carbonyl (C=O) groups excluding carboxylic acids is 1. The lowest BCUT2D eigenvalue weighted by molar-refractivity contribution is -0.116. The summed E-state index contributed by atoms with van der Waals surface area (Å²) in [6, 6.07) is 7.93. The third-order valence-electron chi connectivity index (χ3n) is 4.89. The molecule has 0 spiro atoms. The van der Waals surface area contributed by atoms with Crippen molar-refractivity contribution in [2.75, 3.05) is 13.1 Å². The standard InChI is InChI=1S/C20H22ClN5OS/c21-18-8-7-17(28-18)20(27)23-11-15-12-26(13-24-15)16-5-3-14(4-6-16)19(22)25-9-1-2-10-25/h3-7,12-13,18,22H,1-2,8-11H2,(H,23,27). The number of aromatic nitrogens is 2. The Labute approximate surface area is 173 Å². The second kappa shape index (κ2) is 8.41. The summed E-state index contributed by atoms with van der Waals surface area (Å²) < 4.78 is 1.87. The minimum absolute atomic E-state index is 0.0464. The van der Waals surface area contributed by atoms with Crippen molar-refractivity contribution in [3.05, 3.63) is 59.0 Å². The zero-order chi connectivity index (χ0) is 19.5. The normalized spacial score (nSPS) is 19.0. The van der Waals surface area contributed by atoms with Gasteiger partial charge < -0.3 is 14.8 Å². The van der Waals surface area contributed by atoms with Crippen LogP contribution in [-0.4, -0.2) is 44.0 Å². The summed E-state index contributed by atoms with van der Waals surface area (Å²) in [5.41, 5.74) is 2.69. The highest BCUT2D eigenvalue weighted by Crippen LogP contribution is 2.34. The predicted octanol–water partition coefficient (Wildman–Crippen LogP) is 3.50. The molecular formula is C20H22ClN5OS. The highest BCUT2D eigenvalue weighted by molar-refractivity contribution is 8.05. The van der Waals surface area contributed by atoms with E-state index in [1.165, 1.54) is 11.8 Å². The van der Waals surface area contributed by atoms with E-state index in [0.29, 0.717) is 17.3 Å². The van der Waals surface area contributed by atoms with Gasteiger partial charge in [-0.05, 0) is 43.5 Å². The van der Waals surface area contributed by atoms with Gasteiger partial charge in [0.05, 0.1) is 28.2 Å². The number of likely N-dealkylation sites (tertiary alicyclic amines) is 1. The van der Waals surface area contributed by atoms with Crippen molar-refractivity contribution in [1.82, 2.24) is 19.8 Å². The van der Waals surface area contributed by atoms with Crippen LogP contribution in [0.4, 0.5) is 0 Å². The van der Waals surface area contributed by atoms with Crippen molar-refractivity contribution in [1.29, 1.82) is 5.41 Å². The number of hydrogen-bond donors (Lipinski definition) is 2. The van der Waals surface area contributed by atoms with Gasteiger partial charge in [-0.3, -0.25) is 10.2 Å². The van der Waals surface area contributed by atoms with Gasteiger partial charge in [-0.25, -0.2) is 4.98 Å². The first kappa shape index (κ1) is 19.1. The molecule has 1 aromatic heterocycles. The number of rotatable bonds is 5. The van der Waals surface area contributed by atoms with Crippen LogP contribution in [0.2, 0.25) is 0 Å². The smallest absolute Gasteiger partial charge is 0.257 e. The first-order chi connectivity index (χ1) is 13.6. The van der Waals surface area contributed by atoms with Crippen LogP contribution >= 0.6 is 23.4 Å². The molecule has 2 aromatic rings. The maximum atomic E-state index is 12.1. The van der Waals surface area contributed by atoms with Gasteiger partial charge in [0, 0.05) is 30.5 Å². The van der Waals surface area contributed by atoms with E-state index in [9.17, 15) is 4.79 Å². The molecule has 146 valence electrons. The number of allylic oxidation sites excluding steroid dienone is 1. The Morgan fingerprint density at radius 2 is 2.04 bits per heavy atom. The number of halogens is 1. The maximum Gasteiger partial charge on any atom is 0.257 e. The second-order valence-corrected chi connectivity index (χ2v) is 8.91. The molecule has 0 aliphatic carbocycles. The van der Waals surface area contributed by atoms with Gasteiger partial charge in [0.2, 0.25) is 0 Å². The van der Waals surface area contributed by atoms with E-state index in [4.69, 9.17) is 17.0 Å². The molecule has 0 bridgehead atoms. The van der Waals surface area contributed by atoms with Crippen LogP contribution in [0, 0.1) is 5.41 Å². The Morgan fingerprint density at radius 3 is 2.71 bits per heavy atom. The number of nitrogens with zero attached hydrogens (tertiary/aromatic N) is 3. The summed E-state index contributed by atoms with van der Waals surface area (Å²) in [5, 5.41) is 11.2. The van der Waals surface area contributed by atoms with Crippen molar-refractivity contribution in [2.45, 2.75) is 30.5 Å². The first-order valence-electron chi connectivity index (χ1n) is 9.36. The molecule has 28 heavy (non-hydrogen) atoms. The molecule has 1 saturated heterocycles. The Balaban J connectivity index is 1.36. The fraction of sp³-hybridized carbons (Fsp3) is 0.350. The summed E-state index contributed by atoms with van der Waals surface area (Å²) in [4.78, 5) is 19.3. The van der Waals surface area contributed by atoms with E-state index in [1.54, 1.807) is 6.33 Å². The quantitative estimate of drug-likeness (QED) is 0.445. The van der Waals surface area contributed by atoms with Crippen LogP contribution < -0.4 is 5.32 Å². The predicted molar refractivity (Wildman–Crippen MR) is 113 cm³/mol. The number of alkyl halides is 1. The third-order valence-corrected chi connectivity index (χ3v) is 6.39. The van der Waals surface area contributed by atoms with E-state index < -0.39 is 0 Å².